The van der Waals surface area contributed by atoms with E-state index in [1.807, 2.05) is 0 Å². The van der Waals surface area contributed by atoms with Crippen LogP contribution in [0.15, 0.2) is 43.6 Å². The minimum atomic E-state index is -0.335. The number of carbonyl (C=O) groups is 1. The first-order valence-electron chi connectivity index (χ1n) is 4.85. The Labute approximate surface area is 94.5 Å². The molecule has 0 aliphatic rings. The highest BCUT2D eigenvalue weighted by molar-refractivity contribution is 5.94. The van der Waals surface area contributed by atoms with E-state index in [4.69, 9.17) is 0 Å². The highest BCUT2D eigenvalue weighted by Crippen LogP contribution is 2.14. The summed E-state index contributed by atoms with van der Waals surface area (Å²) < 4.78 is 0. The van der Waals surface area contributed by atoms with Gasteiger partial charge in [-0.1, -0.05) is 12.2 Å². The van der Waals surface area contributed by atoms with Crippen LogP contribution in [0, 0.1) is 0 Å². The molecule has 0 fully saturated rings. The molecular weight excluding hydrogens is 204 g/mol. The Kier molecular flexibility index (Phi) is 4.27. The molecule has 4 nitrogen and oxygen atoms in total. The van der Waals surface area contributed by atoms with Crippen LogP contribution in [0.2, 0.25) is 0 Å². The van der Waals surface area contributed by atoms with Crippen molar-refractivity contribution in [1.82, 2.24) is 9.88 Å². The third-order valence-electron chi connectivity index (χ3n) is 1.98. The molecule has 1 aromatic rings. The summed E-state index contributed by atoms with van der Waals surface area (Å²) in [4.78, 5) is 17.3. The molecule has 4 heteroatoms. The highest BCUT2D eigenvalue weighted by Gasteiger charge is 2.17. The van der Waals surface area contributed by atoms with Gasteiger partial charge < -0.3 is 10.0 Å². The van der Waals surface area contributed by atoms with Gasteiger partial charge in [-0.2, -0.15) is 0 Å². The van der Waals surface area contributed by atoms with Crippen molar-refractivity contribution in [3.8, 4) is 5.75 Å². The van der Waals surface area contributed by atoms with Crippen LogP contribution in [0.5, 0.6) is 5.75 Å². The van der Waals surface area contributed by atoms with Gasteiger partial charge in [-0.05, 0) is 12.1 Å². The van der Waals surface area contributed by atoms with Crippen molar-refractivity contribution in [2.75, 3.05) is 13.1 Å². The van der Waals surface area contributed by atoms with Gasteiger partial charge in [-0.25, -0.2) is 4.98 Å². The van der Waals surface area contributed by atoms with E-state index in [1.54, 1.807) is 18.2 Å². The maximum Gasteiger partial charge on any atom is 0.276 e. The third kappa shape index (κ3) is 2.70. The Bertz CT molecular complexity index is 392. The quantitative estimate of drug-likeness (QED) is 0.764. The zero-order valence-electron chi connectivity index (χ0n) is 8.97. The minimum Gasteiger partial charge on any atom is -0.505 e. The number of nitrogens with zero attached hydrogens (tertiary/aromatic N) is 2. The van der Waals surface area contributed by atoms with Crippen molar-refractivity contribution in [3.63, 3.8) is 0 Å². The van der Waals surface area contributed by atoms with Gasteiger partial charge >= 0.3 is 0 Å². The first-order chi connectivity index (χ1) is 7.70. The van der Waals surface area contributed by atoms with Crippen LogP contribution in [-0.4, -0.2) is 34.0 Å². The summed E-state index contributed by atoms with van der Waals surface area (Å²) in [5.41, 5.74) is 0.0474. The molecule has 0 atom stereocenters. The van der Waals surface area contributed by atoms with Crippen molar-refractivity contribution in [2.24, 2.45) is 0 Å². The van der Waals surface area contributed by atoms with E-state index in [0.717, 1.165) is 0 Å². The molecule has 0 aromatic carbocycles. The Balaban J connectivity index is 2.94. The SMILES string of the molecule is C=CCN(CC=C)C(=O)c1ncccc1O. The van der Waals surface area contributed by atoms with Crippen molar-refractivity contribution < 1.29 is 9.90 Å². The fourth-order valence-electron chi connectivity index (χ4n) is 1.26. The van der Waals surface area contributed by atoms with Crippen LogP contribution in [0.4, 0.5) is 0 Å². The summed E-state index contributed by atoms with van der Waals surface area (Å²) in [5, 5.41) is 9.50. The predicted molar refractivity (Wildman–Crippen MR) is 62.2 cm³/mol. The third-order valence-corrected chi connectivity index (χ3v) is 1.98. The molecule has 84 valence electrons. The van der Waals surface area contributed by atoms with Crippen molar-refractivity contribution in [3.05, 3.63) is 49.3 Å². The molecule has 0 unspecified atom stereocenters. The summed E-state index contributed by atoms with van der Waals surface area (Å²) >= 11 is 0. The molecule has 1 aromatic heterocycles. The fourth-order valence-corrected chi connectivity index (χ4v) is 1.26. The standard InChI is InChI=1S/C12H14N2O2/c1-3-8-14(9-4-2)12(16)11-10(15)6-5-7-13-11/h3-7,15H,1-2,8-9H2. The van der Waals surface area contributed by atoms with E-state index < -0.39 is 0 Å². The molecule has 1 amide bonds. The maximum atomic E-state index is 12.0. The van der Waals surface area contributed by atoms with Crippen molar-refractivity contribution in [2.45, 2.75) is 0 Å². The number of hydrogen-bond donors (Lipinski definition) is 1. The number of aromatic nitrogens is 1. The van der Waals surface area contributed by atoms with Gasteiger partial charge in [-0.15, -0.1) is 13.2 Å². The van der Waals surface area contributed by atoms with Crippen LogP contribution in [0.3, 0.4) is 0 Å². The van der Waals surface area contributed by atoms with Crippen LogP contribution in [0.25, 0.3) is 0 Å². The first-order valence-corrected chi connectivity index (χ1v) is 4.85. The summed E-state index contributed by atoms with van der Waals surface area (Å²) in [6.07, 6.45) is 4.69. The number of carbonyl (C=O) groups excluding carboxylic acids is 1. The molecule has 16 heavy (non-hydrogen) atoms. The van der Waals surface area contributed by atoms with Gasteiger partial charge in [0.15, 0.2) is 5.69 Å². The lowest BCUT2D eigenvalue weighted by molar-refractivity contribution is 0.0781. The monoisotopic (exact) mass is 218 g/mol. The van der Waals surface area contributed by atoms with Gasteiger partial charge in [0.05, 0.1) is 0 Å². The van der Waals surface area contributed by atoms with Gasteiger partial charge in [0.1, 0.15) is 5.75 Å². The highest BCUT2D eigenvalue weighted by atomic mass is 16.3. The lowest BCUT2D eigenvalue weighted by atomic mass is 10.3. The average Bonchev–Trinajstić information content (AvgIpc) is 2.28. The summed E-state index contributed by atoms with van der Waals surface area (Å²) in [7, 11) is 0. The number of hydrogen-bond acceptors (Lipinski definition) is 3. The second-order valence-corrected chi connectivity index (χ2v) is 3.16. The van der Waals surface area contributed by atoms with Crippen molar-refractivity contribution >= 4 is 5.91 Å². The lowest BCUT2D eigenvalue weighted by Crippen LogP contribution is -2.31. The first kappa shape index (κ1) is 12.0. The second-order valence-electron chi connectivity index (χ2n) is 3.16. The fraction of sp³-hybridized carbons (Fsp3) is 0.167. The van der Waals surface area contributed by atoms with Crippen molar-refractivity contribution in [1.29, 1.82) is 0 Å². The van der Waals surface area contributed by atoms with E-state index in [0.29, 0.717) is 13.1 Å². The second kappa shape index (κ2) is 5.70. The molecule has 0 saturated heterocycles. The molecule has 0 aliphatic carbocycles. The molecular formula is C12H14N2O2. The summed E-state index contributed by atoms with van der Waals surface area (Å²) in [6, 6.07) is 3.00. The Morgan fingerprint density at radius 3 is 2.56 bits per heavy atom. The smallest absolute Gasteiger partial charge is 0.276 e. The largest absolute Gasteiger partial charge is 0.505 e. The maximum absolute atomic E-state index is 12.0. The van der Waals surface area contributed by atoms with E-state index in [1.165, 1.54) is 17.2 Å². The van der Waals surface area contributed by atoms with Gasteiger partial charge in [-0.3, -0.25) is 4.79 Å². The predicted octanol–water partition coefficient (Wildman–Crippen LogP) is 1.60. The molecule has 0 bridgehead atoms. The molecule has 0 spiro atoms. The number of pyridine rings is 1. The van der Waals surface area contributed by atoms with Gasteiger partial charge in [0.2, 0.25) is 0 Å². The van der Waals surface area contributed by atoms with Gasteiger partial charge in [0.25, 0.3) is 5.91 Å². The van der Waals surface area contributed by atoms with E-state index in [9.17, 15) is 9.90 Å². The average molecular weight is 218 g/mol. The molecule has 1 heterocycles. The molecule has 0 saturated carbocycles. The summed E-state index contributed by atoms with van der Waals surface area (Å²) in [6.45, 7) is 7.92. The van der Waals surface area contributed by atoms with E-state index in [-0.39, 0.29) is 17.4 Å². The zero-order valence-corrected chi connectivity index (χ0v) is 8.97. The molecule has 1 N–H and O–H groups in total. The normalized spacial score (nSPS) is 9.50. The van der Waals surface area contributed by atoms with Crippen LogP contribution in [0.1, 0.15) is 10.5 Å². The Hall–Kier alpha value is -2.10. The number of aromatic hydroxyl groups is 1. The van der Waals surface area contributed by atoms with E-state index >= 15 is 0 Å². The lowest BCUT2D eigenvalue weighted by Gasteiger charge is -2.18. The number of amides is 1. The van der Waals surface area contributed by atoms with Gasteiger partial charge in [0, 0.05) is 19.3 Å². The van der Waals surface area contributed by atoms with Crippen LogP contribution in [-0.2, 0) is 0 Å². The number of rotatable bonds is 5. The molecule has 1 rings (SSSR count). The van der Waals surface area contributed by atoms with Crippen LogP contribution < -0.4 is 0 Å². The topological polar surface area (TPSA) is 53.4 Å². The minimum absolute atomic E-state index is 0.0474. The van der Waals surface area contributed by atoms with Crippen LogP contribution >= 0.6 is 0 Å². The van der Waals surface area contributed by atoms with E-state index in [2.05, 4.69) is 18.1 Å². The summed E-state index contributed by atoms with van der Waals surface area (Å²) in [5.74, 6) is -0.455. The Morgan fingerprint density at radius 2 is 2.06 bits per heavy atom. The zero-order chi connectivity index (χ0) is 12.0. The Morgan fingerprint density at radius 1 is 1.44 bits per heavy atom. The molecule has 0 radical (unpaired) electrons. The molecule has 0 aliphatic heterocycles.